The normalized spacial score (nSPS) is 16.7. The average Bonchev–Trinajstić information content (AvgIpc) is 3.69. The van der Waals surface area contributed by atoms with Gasteiger partial charge in [0.25, 0.3) is 11.8 Å². The van der Waals surface area contributed by atoms with E-state index in [0.717, 1.165) is 5.56 Å². The van der Waals surface area contributed by atoms with Crippen molar-refractivity contribution in [3.8, 4) is 17.0 Å². The Bertz CT molecular complexity index is 2010. The van der Waals surface area contributed by atoms with Crippen LogP contribution in [0.3, 0.4) is 0 Å². The number of nitrogens with zero attached hydrogens (tertiary/aromatic N) is 3. The van der Waals surface area contributed by atoms with Gasteiger partial charge < -0.3 is 30.6 Å². The second-order valence-electron chi connectivity index (χ2n) is 11.6. The zero-order valence-corrected chi connectivity index (χ0v) is 25.1. The molecule has 0 saturated carbocycles. The molecule has 4 heterocycles. The van der Waals surface area contributed by atoms with E-state index in [2.05, 4.69) is 25.6 Å². The predicted octanol–water partition coefficient (Wildman–Crippen LogP) is 3.76. The SMILES string of the molecule is Cc1cnc2c(NC(=O)c3ncco3)cc(C(=O)NC[C@](C)(O)c3cc4c(c(-c5ccc(F)cc5)n3)OC[C@]4(C)C(N)=O)cc2c1. The number of hydrogen-bond donors (Lipinski definition) is 4. The zero-order valence-electron chi connectivity index (χ0n) is 25.1. The number of fused-ring (bicyclic) bond motifs is 2. The molecule has 2 aromatic carbocycles. The van der Waals surface area contributed by atoms with Gasteiger partial charge in [-0.1, -0.05) is 0 Å². The number of anilines is 1. The molecule has 13 heteroatoms. The van der Waals surface area contributed by atoms with Crippen molar-refractivity contribution in [1.82, 2.24) is 20.3 Å². The molecule has 5 N–H and O–H groups in total. The van der Waals surface area contributed by atoms with E-state index in [4.69, 9.17) is 14.9 Å². The molecule has 5 aromatic rings. The molecule has 1 aliphatic heterocycles. The van der Waals surface area contributed by atoms with Crippen LogP contribution in [0, 0.1) is 12.7 Å². The van der Waals surface area contributed by atoms with Gasteiger partial charge in [-0.25, -0.2) is 14.4 Å². The second kappa shape index (κ2) is 11.3. The van der Waals surface area contributed by atoms with Gasteiger partial charge in [0.15, 0.2) is 0 Å². The minimum absolute atomic E-state index is 0.0407. The first-order chi connectivity index (χ1) is 21.9. The number of nitrogens with one attached hydrogen (secondary N) is 2. The Morgan fingerprint density at radius 1 is 1.11 bits per heavy atom. The van der Waals surface area contributed by atoms with E-state index in [-0.39, 0.29) is 41.7 Å². The van der Waals surface area contributed by atoms with Crippen molar-refractivity contribution in [2.45, 2.75) is 31.8 Å². The highest BCUT2D eigenvalue weighted by molar-refractivity contribution is 6.09. The molecule has 0 radical (unpaired) electrons. The van der Waals surface area contributed by atoms with Crippen LogP contribution >= 0.6 is 0 Å². The van der Waals surface area contributed by atoms with Crippen LogP contribution in [0.15, 0.2) is 71.6 Å². The van der Waals surface area contributed by atoms with Crippen molar-refractivity contribution in [3.63, 3.8) is 0 Å². The number of nitrogens with two attached hydrogens (primary N) is 1. The molecular formula is C33H29FN6O6. The summed E-state index contributed by atoms with van der Waals surface area (Å²) in [6.07, 6.45) is 4.24. The summed E-state index contributed by atoms with van der Waals surface area (Å²) in [6.45, 7) is 4.60. The molecule has 2 atom stereocenters. The van der Waals surface area contributed by atoms with Crippen LogP contribution in [-0.2, 0) is 15.8 Å². The number of ether oxygens (including phenoxy) is 1. The molecule has 0 unspecified atom stereocenters. The maximum absolute atomic E-state index is 13.7. The van der Waals surface area contributed by atoms with Crippen LogP contribution in [-0.4, -0.2) is 50.9 Å². The highest BCUT2D eigenvalue weighted by Crippen LogP contribution is 2.45. The van der Waals surface area contributed by atoms with Gasteiger partial charge in [0.2, 0.25) is 5.91 Å². The van der Waals surface area contributed by atoms with Crippen molar-refractivity contribution in [2.75, 3.05) is 18.5 Å². The lowest BCUT2D eigenvalue weighted by Gasteiger charge is -2.26. The molecule has 0 saturated heterocycles. The fourth-order valence-electron chi connectivity index (χ4n) is 5.21. The van der Waals surface area contributed by atoms with Crippen LogP contribution in [0.25, 0.3) is 22.2 Å². The first kappa shape index (κ1) is 30.3. The van der Waals surface area contributed by atoms with E-state index in [0.29, 0.717) is 27.8 Å². The summed E-state index contributed by atoms with van der Waals surface area (Å²) in [5.41, 5.74) is 5.82. The highest BCUT2D eigenvalue weighted by Gasteiger charge is 2.45. The van der Waals surface area contributed by atoms with Crippen molar-refractivity contribution in [3.05, 3.63) is 101 Å². The quantitative estimate of drug-likeness (QED) is 0.200. The number of primary amides is 1. The Labute approximate surface area is 261 Å². The fourth-order valence-corrected chi connectivity index (χ4v) is 5.21. The first-order valence-electron chi connectivity index (χ1n) is 14.2. The number of oxazole rings is 1. The number of carbonyl (C=O) groups excluding carboxylic acids is 3. The summed E-state index contributed by atoms with van der Waals surface area (Å²) >= 11 is 0. The summed E-state index contributed by atoms with van der Waals surface area (Å²) in [5, 5.41) is 17.7. The number of aryl methyl sites for hydroxylation is 1. The van der Waals surface area contributed by atoms with E-state index >= 15 is 0 Å². The molecule has 0 bridgehead atoms. The minimum Gasteiger partial charge on any atom is -0.489 e. The number of aliphatic hydroxyl groups is 1. The van der Waals surface area contributed by atoms with E-state index in [9.17, 15) is 23.9 Å². The summed E-state index contributed by atoms with van der Waals surface area (Å²) in [5.74, 6) is -2.12. The molecule has 0 spiro atoms. The van der Waals surface area contributed by atoms with Crippen LogP contribution in [0.1, 0.15) is 51.7 Å². The Kier molecular flexibility index (Phi) is 7.48. The van der Waals surface area contributed by atoms with Gasteiger partial charge in [0, 0.05) is 28.3 Å². The van der Waals surface area contributed by atoms with Crippen LogP contribution in [0.2, 0.25) is 0 Å². The molecular weight excluding hydrogens is 595 g/mol. The van der Waals surface area contributed by atoms with Gasteiger partial charge >= 0.3 is 5.91 Å². The predicted molar refractivity (Wildman–Crippen MR) is 165 cm³/mol. The van der Waals surface area contributed by atoms with E-state index in [1.54, 1.807) is 19.2 Å². The van der Waals surface area contributed by atoms with Gasteiger partial charge in [0.1, 0.15) is 41.1 Å². The molecule has 3 aromatic heterocycles. The number of hydrogen-bond acceptors (Lipinski definition) is 9. The number of amides is 3. The highest BCUT2D eigenvalue weighted by atomic mass is 19.1. The summed E-state index contributed by atoms with van der Waals surface area (Å²) in [6, 6.07) is 12.0. The molecule has 0 fully saturated rings. The number of benzene rings is 2. The second-order valence-corrected chi connectivity index (χ2v) is 11.6. The molecule has 0 aliphatic carbocycles. The van der Waals surface area contributed by atoms with Crippen molar-refractivity contribution < 1.29 is 33.0 Å². The Hall–Kier alpha value is -5.69. The van der Waals surface area contributed by atoms with Gasteiger partial charge in [-0.15, -0.1) is 0 Å². The summed E-state index contributed by atoms with van der Waals surface area (Å²) in [4.78, 5) is 51.6. The largest absolute Gasteiger partial charge is 0.489 e. The van der Waals surface area contributed by atoms with E-state index in [1.807, 2.05) is 13.0 Å². The van der Waals surface area contributed by atoms with Crippen LogP contribution in [0.5, 0.6) is 5.75 Å². The number of aromatic nitrogens is 3. The van der Waals surface area contributed by atoms with Gasteiger partial charge in [-0.3, -0.25) is 19.4 Å². The number of halogens is 1. The van der Waals surface area contributed by atoms with Crippen LogP contribution in [0.4, 0.5) is 10.1 Å². The van der Waals surface area contributed by atoms with Crippen molar-refractivity contribution >= 4 is 34.3 Å². The van der Waals surface area contributed by atoms with Gasteiger partial charge in [-0.2, -0.15) is 0 Å². The summed E-state index contributed by atoms with van der Waals surface area (Å²) < 4.78 is 24.7. The van der Waals surface area contributed by atoms with Crippen molar-refractivity contribution in [2.24, 2.45) is 5.73 Å². The monoisotopic (exact) mass is 624 g/mol. The summed E-state index contributed by atoms with van der Waals surface area (Å²) in [7, 11) is 0. The molecule has 12 nitrogen and oxygen atoms in total. The Morgan fingerprint density at radius 2 is 1.87 bits per heavy atom. The fraction of sp³-hybridized carbons (Fsp3) is 0.212. The zero-order chi connectivity index (χ0) is 32.8. The van der Waals surface area contributed by atoms with Gasteiger partial charge in [-0.05, 0) is 74.9 Å². The number of carbonyl (C=O) groups is 3. The van der Waals surface area contributed by atoms with Crippen molar-refractivity contribution in [1.29, 1.82) is 0 Å². The topological polar surface area (TPSA) is 183 Å². The lowest BCUT2D eigenvalue weighted by atomic mass is 9.82. The third-order valence-corrected chi connectivity index (χ3v) is 7.94. The maximum atomic E-state index is 13.7. The number of pyridine rings is 2. The molecule has 6 rings (SSSR count). The Balaban J connectivity index is 1.32. The first-order valence-corrected chi connectivity index (χ1v) is 14.2. The van der Waals surface area contributed by atoms with E-state index in [1.165, 1.54) is 55.8 Å². The third-order valence-electron chi connectivity index (χ3n) is 7.94. The molecule has 3 amide bonds. The average molecular weight is 625 g/mol. The van der Waals surface area contributed by atoms with Gasteiger partial charge in [0.05, 0.1) is 29.6 Å². The lowest BCUT2D eigenvalue weighted by Crippen LogP contribution is -2.41. The maximum Gasteiger partial charge on any atom is 0.311 e. The van der Waals surface area contributed by atoms with Crippen LogP contribution < -0.4 is 21.1 Å². The third kappa shape index (κ3) is 5.52. The lowest BCUT2D eigenvalue weighted by molar-refractivity contribution is -0.123. The number of rotatable bonds is 8. The molecule has 1 aliphatic rings. The van der Waals surface area contributed by atoms with E-state index < -0.39 is 34.6 Å². The standard InChI is InChI=1S/C33H29FN6O6/c1-17-10-19-11-20(12-23(25(19)37-14-17)39-29(42)30-36-8-9-45-30)28(41)38-15-33(3,44)24-13-22-27(46-16-32(22,2)31(35)43)26(40-24)18-4-6-21(34)7-5-18/h4-14,44H,15-16H2,1-3H3,(H2,35,43)(H,38,41)(H,39,42)/t32-,33-/m0/s1. The molecule has 234 valence electrons. The smallest absolute Gasteiger partial charge is 0.311 e. The Morgan fingerprint density at radius 3 is 2.57 bits per heavy atom. The minimum atomic E-state index is -1.75. The molecule has 46 heavy (non-hydrogen) atoms.